The second-order valence-corrected chi connectivity index (χ2v) is 4.70. The molecule has 0 atom stereocenters. The van der Waals surface area contributed by atoms with Crippen molar-refractivity contribution < 1.29 is 0 Å². The number of anilines is 1. The maximum atomic E-state index is 4.50. The highest BCUT2D eigenvalue weighted by atomic mass is 79.9. The Morgan fingerprint density at radius 2 is 2.17 bits per heavy atom. The zero-order chi connectivity index (χ0) is 12.4. The molecular weight excluding hydrogens is 294 g/mol. The van der Waals surface area contributed by atoms with Gasteiger partial charge in [-0.15, -0.1) is 0 Å². The average Bonchev–Trinajstić information content (AvgIpc) is 2.79. The van der Waals surface area contributed by atoms with E-state index in [9.17, 15) is 0 Å². The van der Waals surface area contributed by atoms with E-state index in [2.05, 4.69) is 36.2 Å². The molecule has 18 heavy (non-hydrogen) atoms. The van der Waals surface area contributed by atoms with Crippen LogP contribution in [-0.2, 0) is 6.54 Å². The predicted molar refractivity (Wildman–Crippen MR) is 72.3 cm³/mol. The molecule has 0 aliphatic heterocycles. The molecule has 0 saturated carbocycles. The molecule has 90 valence electrons. The lowest BCUT2D eigenvalue weighted by Gasteiger charge is -2.00. The molecule has 5 nitrogen and oxygen atoms in total. The van der Waals surface area contributed by atoms with Crippen LogP contribution in [0, 0.1) is 0 Å². The Bertz CT molecular complexity index is 665. The van der Waals surface area contributed by atoms with Crippen molar-refractivity contribution in [2.24, 2.45) is 0 Å². The lowest BCUT2D eigenvalue weighted by molar-refractivity contribution is 1.04. The fourth-order valence-corrected chi connectivity index (χ4v) is 2.03. The normalized spacial score (nSPS) is 10.7. The van der Waals surface area contributed by atoms with Crippen molar-refractivity contribution in [3.8, 4) is 0 Å². The average molecular weight is 304 g/mol. The number of hydrogen-bond donors (Lipinski definition) is 1. The van der Waals surface area contributed by atoms with Crippen LogP contribution in [0.25, 0.3) is 5.65 Å². The van der Waals surface area contributed by atoms with Crippen molar-refractivity contribution in [2.75, 3.05) is 5.32 Å². The molecule has 0 radical (unpaired) electrons. The van der Waals surface area contributed by atoms with Gasteiger partial charge in [0.2, 0.25) is 0 Å². The summed E-state index contributed by atoms with van der Waals surface area (Å²) in [5.41, 5.74) is 1.88. The van der Waals surface area contributed by atoms with Crippen LogP contribution in [0.2, 0.25) is 0 Å². The number of nitrogens with one attached hydrogen (secondary N) is 1. The van der Waals surface area contributed by atoms with Crippen LogP contribution in [0.5, 0.6) is 0 Å². The zero-order valence-corrected chi connectivity index (χ0v) is 11.0. The van der Waals surface area contributed by atoms with E-state index in [1.807, 2.05) is 28.9 Å². The van der Waals surface area contributed by atoms with E-state index in [4.69, 9.17) is 0 Å². The van der Waals surface area contributed by atoms with Gasteiger partial charge in [-0.05, 0) is 28.1 Å². The minimum absolute atomic E-state index is 0.623. The van der Waals surface area contributed by atoms with Gasteiger partial charge in [0, 0.05) is 29.3 Å². The maximum Gasteiger partial charge on any atom is 0.144 e. The molecule has 0 amide bonds. The molecule has 3 heterocycles. The van der Waals surface area contributed by atoms with Crippen LogP contribution in [-0.4, -0.2) is 19.4 Å². The Morgan fingerprint density at radius 1 is 1.22 bits per heavy atom. The van der Waals surface area contributed by atoms with Gasteiger partial charge in [0.05, 0.1) is 18.4 Å². The van der Waals surface area contributed by atoms with Gasteiger partial charge in [0.25, 0.3) is 0 Å². The van der Waals surface area contributed by atoms with Gasteiger partial charge >= 0.3 is 0 Å². The molecule has 3 aromatic rings. The first-order valence-electron chi connectivity index (χ1n) is 5.44. The van der Waals surface area contributed by atoms with E-state index in [1.54, 1.807) is 18.6 Å². The molecule has 0 aliphatic rings. The molecule has 0 fully saturated rings. The largest absolute Gasteiger partial charge is 0.363 e. The minimum Gasteiger partial charge on any atom is -0.363 e. The third-order valence-electron chi connectivity index (χ3n) is 2.48. The summed E-state index contributed by atoms with van der Waals surface area (Å²) in [6.07, 6.45) is 8.96. The number of pyridine rings is 1. The third kappa shape index (κ3) is 2.33. The van der Waals surface area contributed by atoms with Crippen molar-refractivity contribution in [1.82, 2.24) is 19.4 Å². The topological polar surface area (TPSA) is 55.1 Å². The van der Waals surface area contributed by atoms with Gasteiger partial charge < -0.3 is 9.72 Å². The first-order valence-corrected chi connectivity index (χ1v) is 6.23. The molecule has 0 unspecified atom stereocenters. The van der Waals surface area contributed by atoms with Crippen LogP contribution in [0.1, 0.15) is 5.69 Å². The number of aromatic nitrogens is 4. The summed E-state index contributed by atoms with van der Waals surface area (Å²) in [5.74, 6) is 0.746. The van der Waals surface area contributed by atoms with Crippen molar-refractivity contribution >= 4 is 27.4 Å². The lowest BCUT2D eigenvalue weighted by atomic mass is 10.4. The molecule has 0 spiro atoms. The molecule has 0 saturated heterocycles. The Balaban J connectivity index is 1.79. The summed E-state index contributed by atoms with van der Waals surface area (Å²) in [7, 11) is 0. The van der Waals surface area contributed by atoms with Crippen LogP contribution >= 0.6 is 15.9 Å². The second kappa shape index (κ2) is 4.73. The molecule has 0 aromatic carbocycles. The predicted octanol–water partition coefficient (Wildman–Crippen LogP) is 2.50. The number of rotatable bonds is 3. The summed E-state index contributed by atoms with van der Waals surface area (Å²) in [4.78, 5) is 12.6. The summed E-state index contributed by atoms with van der Waals surface area (Å²) >= 11 is 3.43. The first-order chi connectivity index (χ1) is 8.81. The Labute approximate surface area is 112 Å². The van der Waals surface area contributed by atoms with E-state index >= 15 is 0 Å². The molecule has 0 aliphatic carbocycles. The fourth-order valence-electron chi connectivity index (χ4n) is 1.67. The van der Waals surface area contributed by atoms with Crippen LogP contribution in [0.4, 0.5) is 5.82 Å². The highest BCUT2D eigenvalue weighted by Crippen LogP contribution is 2.13. The van der Waals surface area contributed by atoms with Crippen LogP contribution < -0.4 is 5.32 Å². The maximum absolute atomic E-state index is 4.50. The molecule has 3 aromatic heterocycles. The summed E-state index contributed by atoms with van der Waals surface area (Å²) in [6, 6.07) is 3.94. The van der Waals surface area contributed by atoms with Gasteiger partial charge in [-0.3, -0.25) is 4.98 Å². The molecule has 1 N–H and O–H groups in total. The van der Waals surface area contributed by atoms with Crippen molar-refractivity contribution in [3.05, 3.63) is 53.3 Å². The second-order valence-electron chi connectivity index (χ2n) is 3.79. The van der Waals surface area contributed by atoms with E-state index in [0.717, 1.165) is 21.6 Å². The van der Waals surface area contributed by atoms with Gasteiger partial charge in [0.1, 0.15) is 11.5 Å². The van der Waals surface area contributed by atoms with Crippen molar-refractivity contribution in [2.45, 2.75) is 6.54 Å². The summed E-state index contributed by atoms with van der Waals surface area (Å²) in [5, 5.41) is 3.18. The fraction of sp³-hybridized carbons (Fsp3) is 0.0833. The Kier molecular flexibility index (Phi) is 2.93. The Hall–Kier alpha value is -1.95. The highest BCUT2D eigenvalue weighted by Gasteiger charge is 2.02. The van der Waals surface area contributed by atoms with E-state index in [-0.39, 0.29) is 0 Å². The molecule has 6 heteroatoms. The zero-order valence-electron chi connectivity index (χ0n) is 9.42. The summed E-state index contributed by atoms with van der Waals surface area (Å²) in [6.45, 7) is 0.623. The van der Waals surface area contributed by atoms with Crippen molar-refractivity contribution in [3.63, 3.8) is 0 Å². The summed E-state index contributed by atoms with van der Waals surface area (Å²) < 4.78 is 3.01. The van der Waals surface area contributed by atoms with Crippen LogP contribution in [0.3, 0.4) is 0 Å². The minimum atomic E-state index is 0.623. The number of fused-ring (bicyclic) bond motifs is 1. The van der Waals surface area contributed by atoms with Crippen molar-refractivity contribution in [1.29, 1.82) is 0 Å². The van der Waals surface area contributed by atoms with Gasteiger partial charge in [-0.25, -0.2) is 9.97 Å². The Morgan fingerprint density at radius 3 is 3.00 bits per heavy atom. The van der Waals surface area contributed by atoms with Gasteiger partial charge in [0.15, 0.2) is 0 Å². The molecular formula is C12H10BrN5. The first kappa shape index (κ1) is 11.2. The quantitative estimate of drug-likeness (QED) is 0.808. The number of halogens is 1. The van der Waals surface area contributed by atoms with E-state index < -0.39 is 0 Å². The van der Waals surface area contributed by atoms with Gasteiger partial charge in [-0.1, -0.05) is 0 Å². The third-order valence-corrected chi connectivity index (χ3v) is 2.95. The number of imidazole rings is 1. The monoisotopic (exact) mass is 303 g/mol. The molecule has 3 rings (SSSR count). The van der Waals surface area contributed by atoms with E-state index in [0.29, 0.717) is 6.54 Å². The lowest BCUT2D eigenvalue weighted by Crippen LogP contribution is -2.01. The van der Waals surface area contributed by atoms with Gasteiger partial charge in [-0.2, -0.15) is 0 Å². The van der Waals surface area contributed by atoms with Crippen LogP contribution in [0.15, 0.2) is 47.6 Å². The smallest absolute Gasteiger partial charge is 0.144 e. The number of nitrogens with zero attached hydrogens (tertiary/aromatic N) is 4. The molecule has 0 bridgehead atoms. The number of hydrogen-bond acceptors (Lipinski definition) is 4. The van der Waals surface area contributed by atoms with E-state index in [1.165, 1.54) is 0 Å². The highest BCUT2D eigenvalue weighted by molar-refractivity contribution is 9.10. The SMILES string of the molecule is Brc1ccc2nc(CNc3cnccn3)cn2c1. The standard InChI is InChI=1S/C12H10BrN5/c13-9-1-2-12-17-10(8-18(12)7-9)5-16-11-6-14-3-4-15-11/h1-4,6-8H,5H2,(H,15,16).